The van der Waals surface area contributed by atoms with Gasteiger partial charge < -0.3 is 24.1 Å². The van der Waals surface area contributed by atoms with Gasteiger partial charge in [-0.05, 0) is 54.5 Å². The van der Waals surface area contributed by atoms with Gasteiger partial charge >= 0.3 is 5.97 Å². The van der Waals surface area contributed by atoms with E-state index in [-0.39, 0.29) is 0 Å². The van der Waals surface area contributed by atoms with E-state index in [9.17, 15) is 4.79 Å². The van der Waals surface area contributed by atoms with Gasteiger partial charge in [-0.3, -0.25) is 0 Å². The molecule has 1 atom stereocenters. The van der Waals surface area contributed by atoms with E-state index in [1.165, 1.54) is 0 Å². The third-order valence-corrected chi connectivity index (χ3v) is 4.34. The summed E-state index contributed by atoms with van der Waals surface area (Å²) in [4.78, 5) is 11.2. The van der Waals surface area contributed by atoms with Gasteiger partial charge in [-0.25, -0.2) is 4.79 Å². The van der Waals surface area contributed by atoms with Crippen LogP contribution in [0.2, 0.25) is 0 Å². The van der Waals surface area contributed by atoms with Gasteiger partial charge in [-0.2, -0.15) is 0 Å². The number of aliphatic carboxylic acids is 1. The van der Waals surface area contributed by atoms with Gasteiger partial charge in [0.25, 0.3) is 0 Å². The van der Waals surface area contributed by atoms with E-state index >= 15 is 0 Å². The molecule has 6 heteroatoms. The molecule has 0 aliphatic rings. The molecule has 2 aromatic rings. The third kappa shape index (κ3) is 8.45. The summed E-state index contributed by atoms with van der Waals surface area (Å²) in [6, 6.07) is 13.0. The second-order valence-corrected chi connectivity index (χ2v) is 6.56. The number of carboxylic acids is 1. The largest absolute Gasteiger partial charge is 0.497 e. The fourth-order valence-corrected chi connectivity index (χ4v) is 2.79. The predicted octanol–water partition coefficient (Wildman–Crippen LogP) is 3.92. The van der Waals surface area contributed by atoms with Crippen LogP contribution in [0, 0.1) is 11.8 Å². The molecule has 0 amide bonds. The lowest BCUT2D eigenvalue weighted by molar-refractivity contribution is -0.149. The van der Waals surface area contributed by atoms with Crippen LogP contribution in [0.3, 0.4) is 0 Å². The highest BCUT2D eigenvalue weighted by Gasteiger charge is 2.17. The Morgan fingerprint density at radius 1 is 1.03 bits per heavy atom. The van der Waals surface area contributed by atoms with Crippen LogP contribution in [0.1, 0.15) is 18.1 Å². The minimum Gasteiger partial charge on any atom is -0.497 e. The zero-order valence-corrected chi connectivity index (χ0v) is 18.1. The normalized spacial score (nSPS) is 11.5. The molecule has 0 saturated heterocycles. The SMILES string of the molecule is CCO[C@@H](Cc1ccc(OC/C=C/C#CCc2cc(OC)cc(OC)c2)cc1)C(=O)O. The van der Waals surface area contributed by atoms with Crippen LogP contribution in [0.25, 0.3) is 0 Å². The number of hydrogen-bond acceptors (Lipinski definition) is 5. The Morgan fingerprint density at radius 2 is 1.71 bits per heavy atom. The quantitative estimate of drug-likeness (QED) is 0.551. The van der Waals surface area contributed by atoms with Crippen molar-refractivity contribution in [3.05, 3.63) is 65.7 Å². The molecule has 0 bridgehead atoms. The van der Waals surface area contributed by atoms with Crippen molar-refractivity contribution in [3.8, 4) is 29.1 Å². The van der Waals surface area contributed by atoms with Crippen LogP contribution in [0.4, 0.5) is 0 Å². The van der Waals surface area contributed by atoms with Crippen molar-refractivity contribution in [1.29, 1.82) is 0 Å². The first-order valence-corrected chi connectivity index (χ1v) is 9.97. The summed E-state index contributed by atoms with van der Waals surface area (Å²) in [5.74, 6) is 7.29. The molecule has 0 unspecified atom stereocenters. The standard InChI is InChI=1S/C25H28O6/c1-4-30-24(25(26)27)17-19-10-12-21(13-11-19)31-14-8-6-5-7-9-20-15-22(28-2)18-23(16-20)29-3/h6,8,10-13,15-16,18,24H,4,9,14,17H2,1-3H3,(H,26,27)/b8-6+/t24-/m0/s1. The highest BCUT2D eigenvalue weighted by atomic mass is 16.5. The minimum atomic E-state index is -0.959. The second kappa shape index (κ2) is 13.0. The lowest BCUT2D eigenvalue weighted by Gasteiger charge is -2.12. The van der Waals surface area contributed by atoms with Gasteiger partial charge in [0, 0.05) is 25.5 Å². The Bertz CT molecular complexity index is 899. The maximum atomic E-state index is 11.2. The van der Waals surface area contributed by atoms with Crippen LogP contribution in [-0.2, 0) is 22.4 Å². The Morgan fingerprint density at radius 3 is 2.29 bits per heavy atom. The molecule has 0 spiro atoms. The van der Waals surface area contributed by atoms with Crippen LogP contribution in [-0.4, -0.2) is 44.6 Å². The number of carboxylic acid groups (broad SMARTS) is 1. The van der Waals surface area contributed by atoms with Crippen molar-refractivity contribution < 1.29 is 28.8 Å². The summed E-state index contributed by atoms with van der Waals surface area (Å²) in [7, 11) is 3.24. The fourth-order valence-electron chi connectivity index (χ4n) is 2.79. The van der Waals surface area contributed by atoms with Crippen molar-refractivity contribution in [2.75, 3.05) is 27.4 Å². The first kappa shape index (κ1) is 23.8. The Balaban J connectivity index is 1.79. The number of benzene rings is 2. The van der Waals surface area contributed by atoms with Crippen molar-refractivity contribution in [1.82, 2.24) is 0 Å². The summed E-state index contributed by atoms with van der Waals surface area (Å²) >= 11 is 0. The van der Waals surface area contributed by atoms with Crippen LogP contribution in [0.15, 0.2) is 54.6 Å². The monoisotopic (exact) mass is 424 g/mol. The van der Waals surface area contributed by atoms with Gasteiger partial charge in [0.15, 0.2) is 6.10 Å². The van der Waals surface area contributed by atoms with Gasteiger partial charge in [-0.1, -0.05) is 24.0 Å². The molecule has 164 valence electrons. The molecular formula is C25H28O6. The Labute approximate surface area is 183 Å². The topological polar surface area (TPSA) is 74.2 Å². The number of allylic oxidation sites excluding steroid dienone is 1. The number of rotatable bonds is 11. The summed E-state index contributed by atoms with van der Waals surface area (Å²) in [5, 5.41) is 9.16. The number of ether oxygens (including phenoxy) is 4. The van der Waals surface area contributed by atoms with Crippen LogP contribution in [0.5, 0.6) is 17.2 Å². The molecule has 0 aliphatic heterocycles. The summed E-state index contributed by atoms with van der Waals surface area (Å²) in [6.07, 6.45) is 3.65. The van der Waals surface area contributed by atoms with Crippen molar-refractivity contribution in [2.24, 2.45) is 0 Å². The molecule has 0 saturated carbocycles. The summed E-state index contributed by atoms with van der Waals surface area (Å²) in [6.45, 7) is 2.53. The van der Waals surface area contributed by atoms with E-state index in [1.54, 1.807) is 27.2 Å². The highest BCUT2D eigenvalue weighted by molar-refractivity contribution is 5.72. The summed E-state index contributed by atoms with van der Waals surface area (Å²) in [5.41, 5.74) is 1.90. The molecule has 0 radical (unpaired) electrons. The number of methoxy groups -OCH3 is 2. The molecule has 0 aromatic heterocycles. The van der Waals surface area contributed by atoms with Crippen LogP contribution < -0.4 is 14.2 Å². The smallest absolute Gasteiger partial charge is 0.333 e. The average molecular weight is 424 g/mol. The molecule has 2 rings (SSSR count). The summed E-state index contributed by atoms with van der Waals surface area (Å²) < 4.78 is 21.4. The van der Waals surface area contributed by atoms with Crippen molar-refractivity contribution >= 4 is 5.97 Å². The maximum Gasteiger partial charge on any atom is 0.333 e. The zero-order valence-electron chi connectivity index (χ0n) is 18.1. The predicted molar refractivity (Wildman–Crippen MR) is 119 cm³/mol. The second-order valence-electron chi connectivity index (χ2n) is 6.56. The molecule has 1 N–H and O–H groups in total. The van der Waals surface area contributed by atoms with Gasteiger partial charge in [0.05, 0.1) is 14.2 Å². The molecule has 31 heavy (non-hydrogen) atoms. The van der Waals surface area contributed by atoms with E-state index in [0.717, 1.165) is 22.6 Å². The highest BCUT2D eigenvalue weighted by Crippen LogP contribution is 2.22. The van der Waals surface area contributed by atoms with E-state index in [1.807, 2.05) is 48.5 Å². The lowest BCUT2D eigenvalue weighted by atomic mass is 10.1. The van der Waals surface area contributed by atoms with Gasteiger partial charge in [0.2, 0.25) is 0 Å². The van der Waals surface area contributed by atoms with Crippen molar-refractivity contribution in [2.45, 2.75) is 25.9 Å². The van der Waals surface area contributed by atoms with E-state index in [0.29, 0.717) is 31.8 Å². The first-order chi connectivity index (χ1) is 15.0. The first-order valence-electron chi connectivity index (χ1n) is 9.97. The Hall–Kier alpha value is -3.43. The zero-order chi connectivity index (χ0) is 22.5. The van der Waals surface area contributed by atoms with Gasteiger partial charge in [0.1, 0.15) is 23.9 Å². The van der Waals surface area contributed by atoms with Crippen LogP contribution >= 0.6 is 0 Å². The third-order valence-electron chi connectivity index (χ3n) is 4.34. The molecule has 6 nitrogen and oxygen atoms in total. The maximum absolute atomic E-state index is 11.2. The van der Waals surface area contributed by atoms with E-state index < -0.39 is 12.1 Å². The van der Waals surface area contributed by atoms with Crippen molar-refractivity contribution in [3.63, 3.8) is 0 Å². The lowest BCUT2D eigenvalue weighted by Crippen LogP contribution is -2.26. The number of hydrogen-bond donors (Lipinski definition) is 1. The Kier molecular flexibility index (Phi) is 9.99. The average Bonchev–Trinajstić information content (AvgIpc) is 2.78. The molecule has 0 heterocycles. The minimum absolute atomic E-state index is 0.318. The van der Waals surface area contributed by atoms with Gasteiger partial charge in [-0.15, -0.1) is 0 Å². The van der Waals surface area contributed by atoms with E-state index in [2.05, 4.69) is 11.8 Å². The fraction of sp³-hybridized carbons (Fsp3) is 0.320. The molecule has 2 aromatic carbocycles. The number of carbonyl (C=O) groups is 1. The molecule has 0 fully saturated rings. The molecular weight excluding hydrogens is 396 g/mol. The molecule has 0 aliphatic carbocycles. The van der Waals surface area contributed by atoms with E-state index in [4.69, 9.17) is 24.1 Å².